The van der Waals surface area contributed by atoms with Gasteiger partial charge in [-0.05, 0) is 0 Å². The predicted octanol–water partition coefficient (Wildman–Crippen LogP) is -0.744. The minimum Gasteiger partial charge on any atom is -0.390 e. The fraction of sp³-hybridized carbons (Fsp3) is 0.667. The number of nitrogens with one attached hydrogen (secondary N) is 1. The lowest BCUT2D eigenvalue weighted by Gasteiger charge is -1.77. The van der Waals surface area contributed by atoms with Crippen molar-refractivity contribution in [3.05, 3.63) is 0 Å². The average molecular weight is 86.1 g/mol. The zero-order valence-corrected chi connectivity index (χ0v) is 3.52. The molecule has 0 aromatic carbocycles. The second-order valence-electron chi connectivity index (χ2n) is 0.805. The van der Waals surface area contributed by atoms with Gasteiger partial charge in [0.25, 0.3) is 0 Å². The highest BCUT2D eigenvalue weighted by Gasteiger charge is 1.65. The fourth-order valence-corrected chi connectivity index (χ4v) is 0.139. The van der Waals surface area contributed by atoms with Crippen LogP contribution in [0.2, 0.25) is 0 Å². The molecule has 0 unspecified atom stereocenters. The van der Waals surface area contributed by atoms with Gasteiger partial charge in [0, 0.05) is 6.54 Å². The Morgan fingerprint density at radius 2 is 2.50 bits per heavy atom. The number of rotatable bonds is 2. The Labute approximate surface area is 37.0 Å². The van der Waals surface area contributed by atoms with Crippen LogP contribution in [0.1, 0.15) is 0 Å². The molecule has 6 heavy (non-hydrogen) atoms. The number of nitrogens with two attached hydrogens (primary N) is 1. The summed E-state index contributed by atoms with van der Waals surface area (Å²) in [6.07, 6.45) is 1.22. The first-order valence-corrected chi connectivity index (χ1v) is 1.76. The lowest BCUT2D eigenvalue weighted by Crippen LogP contribution is -1.94. The molecule has 0 spiro atoms. The van der Waals surface area contributed by atoms with Crippen molar-refractivity contribution in [2.75, 3.05) is 13.1 Å². The summed E-state index contributed by atoms with van der Waals surface area (Å²) < 4.78 is 0. The summed E-state index contributed by atoms with van der Waals surface area (Å²) in [5.74, 6) is 0. The predicted molar refractivity (Wildman–Crippen MR) is 25.5 cm³/mol. The standard InChI is InChI=1S/C3H8N3/c4-1-2-6-3-5/h3-4H,1-2H2,(H2,5,6). The summed E-state index contributed by atoms with van der Waals surface area (Å²) in [5, 5.41) is 0. The van der Waals surface area contributed by atoms with Crippen molar-refractivity contribution in [1.29, 1.82) is 0 Å². The molecule has 3 heteroatoms. The van der Waals surface area contributed by atoms with Crippen LogP contribution in [0.3, 0.4) is 0 Å². The van der Waals surface area contributed by atoms with Crippen LogP contribution in [0.25, 0.3) is 0 Å². The minimum atomic E-state index is 0.327. The molecule has 35 valence electrons. The van der Waals surface area contributed by atoms with Gasteiger partial charge in [0.1, 0.15) is 0 Å². The van der Waals surface area contributed by atoms with Gasteiger partial charge in [0.2, 0.25) is 0 Å². The van der Waals surface area contributed by atoms with E-state index in [2.05, 4.69) is 4.99 Å². The van der Waals surface area contributed by atoms with Crippen molar-refractivity contribution in [3.8, 4) is 0 Å². The SMILES string of the molecule is [NH]CC/N=C\N. The van der Waals surface area contributed by atoms with Crippen LogP contribution in [0.5, 0.6) is 0 Å². The van der Waals surface area contributed by atoms with E-state index >= 15 is 0 Å². The van der Waals surface area contributed by atoms with Gasteiger partial charge >= 0.3 is 0 Å². The van der Waals surface area contributed by atoms with Gasteiger partial charge in [0.15, 0.2) is 0 Å². The van der Waals surface area contributed by atoms with Crippen LogP contribution in [-0.4, -0.2) is 19.4 Å². The molecule has 0 amide bonds. The largest absolute Gasteiger partial charge is 0.390 e. The molecular formula is C3H8N3. The lowest BCUT2D eigenvalue weighted by molar-refractivity contribution is 0.952. The van der Waals surface area contributed by atoms with E-state index in [0.29, 0.717) is 13.1 Å². The Hall–Kier alpha value is -0.570. The summed E-state index contributed by atoms with van der Waals surface area (Å²) in [6.45, 7) is 0.851. The number of nitrogens with zero attached hydrogens (tertiary/aromatic N) is 1. The van der Waals surface area contributed by atoms with Gasteiger partial charge in [-0.3, -0.25) is 10.7 Å². The van der Waals surface area contributed by atoms with Crippen LogP contribution < -0.4 is 11.5 Å². The van der Waals surface area contributed by atoms with Gasteiger partial charge in [-0.15, -0.1) is 0 Å². The first-order chi connectivity index (χ1) is 2.91. The smallest absolute Gasteiger partial charge is 0.0798 e. The molecule has 0 saturated carbocycles. The van der Waals surface area contributed by atoms with Crippen molar-refractivity contribution in [3.63, 3.8) is 0 Å². The average Bonchev–Trinajstić information content (AvgIpc) is 1.61. The van der Waals surface area contributed by atoms with Gasteiger partial charge in [-0.1, -0.05) is 0 Å². The molecular weight excluding hydrogens is 78.1 g/mol. The number of hydrogen-bond donors (Lipinski definition) is 1. The highest BCUT2D eigenvalue weighted by molar-refractivity contribution is 5.50. The van der Waals surface area contributed by atoms with E-state index < -0.39 is 0 Å². The fourth-order valence-electron chi connectivity index (χ4n) is 0.139. The Balaban J connectivity index is 2.66. The van der Waals surface area contributed by atoms with Crippen molar-refractivity contribution in [1.82, 2.24) is 5.73 Å². The molecule has 3 N–H and O–H groups in total. The first kappa shape index (κ1) is 5.43. The van der Waals surface area contributed by atoms with E-state index in [1.807, 2.05) is 0 Å². The summed E-state index contributed by atoms with van der Waals surface area (Å²) >= 11 is 0. The normalized spacial score (nSPS) is 10.2. The van der Waals surface area contributed by atoms with E-state index in [4.69, 9.17) is 11.5 Å². The summed E-state index contributed by atoms with van der Waals surface area (Å²) in [4.78, 5) is 3.56. The zero-order chi connectivity index (χ0) is 4.83. The molecule has 0 heterocycles. The maximum atomic E-state index is 6.54. The Morgan fingerprint density at radius 3 is 2.67 bits per heavy atom. The number of aliphatic imine (C=N–C) groups is 1. The quantitative estimate of drug-likeness (QED) is 0.349. The molecule has 0 aromatic rings. The van der Waals surface area contributed by atoms with E-state index in [1.54, 1.807) is 0 Å². The van der Waals surface area contributed by atoms with Gasteiger partial charge < -0.3 is 5.73 Å². The highest BCUT2D eigenvalue weighted by Crippen LogP contribution is 1.56. The van der Waals surface area contributed by atoms with Crippen molar-refractivity contribution in [2.45, 2.75) is 0 Å². The van der Waals surface area contributed by atoms with Crippen LogP contribution in [-0.2, 0) is 0 Å². The van der Waals surface area contributed by atoms with Gasteiger partial charge in [0.05, 0.1) is 12.9 Å². The molecule has 0 rings (SSSR count). The maximum Gasteiger partial charge on any atom is 0.0798 e. The Morgan fingerprint density at radius 1 is 1.83 bits per heavy atom. The molecule has 0 aliphatic carbocycles. The molecule has 3 nitrogen and oxygen atoms in total. The van der Waals surface area contributed by atoms with Crippen LogP contribution >= 0.6 is 0 Å². The van der Waals surface area contributed by atoms with Crippen LogP contribution in [0, 0.1) is 0 Å². The van der Waals surface area contributed by atoms with Crippen LogP contribution in [0.4, 0.5) is 0 Å². The van der Waals surface area contributed by atoms with Crippen molar-refractivity contribution in [2.24, 2.45) is 10.7 Å². The molecule has 0 fully saturated rings. The summed E-state index contributed by atoms with van der Waals surface area (Å²) in [6, 6.07) is 0. The molecule has 0 aliphatic rings. The van der Waals surface area contributed by atoms with Crippen molar-refractivity contribution >= 4 is 6.34 Å². The zero-order valence-electron chi connectivity index (χ0n) is 3.52. The second kappa shape index (κ2) is 4.43. The van der Waals surface area contributed by atoms with E-state index in [0.717, 1.165) is 0 Å². The molecule has 0 bridgehead atoms. The van der Waals surface area contributed by atoms with E-state index in [9.17, 15) is 0 Å². The molecule has 1 radical (unpaired) electrons. The highest BCUT2D eigenvalue weighted by atomic mass is 14.8. The van der Waals surface area contributed by atoms with E-state index in [-0.39, 0.29) is 0 Å². The molecule has 0 atom stereocenters. The third-order valence-corrected chi connectivity index (χ3v) is 0.346. The third kappa shape index (κ3) is 3.43. The summed E-state index contributed by atoms with van der Waals surface area (Å²) in [7, 11) is 0. The molecule has 0 aliphatic heterocycles. The minimum absolute atomic E-state index is 0.327. The Kier molecular flexibility index (Phi) is 4.01. The van der Waals surface area contributed by atoms with Gasteiger partial charge in [-0.25, -0.2) is 0 Å². The molecule has 0 saturated heterocycles. The summed E-state index contributed by atoms with van der Waals surface area (Å²) in [5.41, 5.74) is 11.4. The van der Waals surface area contributed by atoms with Gasteiger partial charge in [-0.2, -0.15) is 0 Å². The maximum absolute atomic E-state index is 6.54. The second-order valence-corrected chi connectivity index (χ2v) is 0.805. The molecule has 0 aromatic heterocycles. The lowest BCUT2D eigenvalue weighted by atomic mass is 10.7. The number of hydrogen-bond acceptors (Lipinski definition) is 1. The Bertz CT molecular complexity index is 41.3. The third-order valence-electron chi connectivity index (χ3n) is 0.346. The first-order valence-electron chi connectivity index (χ1n) is 1.76. The van der Waals surface area contributed by atoms with E-state index in [1.165, 1.54) is 6.34 Å². The monoisotopic (exact) mass is 86.1 g/mol. The van der Waals surface area contributed by atoms with Crippen LogP contribution in [0.15, 0.2) is 4.99 Å². The van der Waals surface area contributed by atoms with Crippen molar-refractivity contribution < 1.29 is 0 Å². The topological polar surface area (TPSA) is 62.2 Å².